The van der Waals surface area contributed by atoms with Gasteiger partial charge in [-0.05, 0) is 51.0 Å². The third-order valence-corrected chi connectivity index (χ3v) is 4.37. The van der Waals surface area contributed by atoms with Gasteiger partial charge >= 0.3 is 0 Å². The standard InChI is InChI=1S/C16H21ClFN3/c17-8-7-15-19-16-13(18)5-3-6-14(16)21(15)12-4-11-20-9-1-2-10-20/h3,5-6H,1-2,4,7-12H2. The number of imidazole rings is 1. The topological polar surface area (TPSA) is 21.1 Å². The fourth-order valence-electron chi connectivity index (χ4n) is 3.14. The maximum atomic E-state index is 13.9. The summed E-state index contributed by atoms with van der Waals surface area (Å²) in [6, 6.07) is 5.16. The van der Waals surface area contributed by atoms with E-state index in [2.05, 4.69) is 14.5 Å². The zero-order valence-corrected chi connectivity index (χ0v) is 12.9. The Bertz CT molecular complexity index is 605. The van der Waals surface area contributed by atoms with Crippen LogP contribution in [0.2, 0.25) is 0 Å². The summed E-state index contributed by atoms with van der Waals surface area (Å²) >= 11 is 5.86. The summed E-state index contributed by atoms with van der Waals surface area (Å²) in [7, 11) is 0. The van der Waals surface area contributed by atoms with Crippen LogP contribution in [0.25, 0.3) is 11.0 Å². The zero-order valence-electron chi connectivity index (χ0n) is 12.2. The van der Waals surface area contributed by atoms with E-state index in [1.165, 1.54) is 32.0 Å². The average molecular weight is 310 g/mol. The Hall–Kier alpha value is -1.13. The monoisotopic (exact) mass is 309 g/mol. The van der Waals surface area contributed by atoms with Gasteiger partial charge in [0.2, 0.25) is 0 Å². The van der Waals surface area contributed by atoms with Crippen LogP contribution in [0.3, 0.4) is 0 Å². The lowest BCUT2D eigenvalue weighted by molar-refractivity contribution is 0.325. The van der Waals surface area contributed by atoms with Gasteiger partial charge < -0.3 is 9.47 Å². The van der Waals surface area contributed by atoms with Crippen molar-refractivity contribution in [3.63, 3.8) is 0 Å². The first-order valence-corrected chi connectivity index (χ1v) is 8.25. The Labute approximate surface area is 129 Å². The minimum atomic E-state index is -0.249. The first-order chi connectivity index (χ1) is 10.3. The van der Waals surface area contributed by atoms with E-state index in [0.29, 0.717) is 17.8 Å². The number of hydrogen-bond acceptors (Lipinski definition) is 2. The molecule has 0 spiro atoms. The van der Waals surface area contributed by atoms with Crippen molar-refractivity contribution >= 4 is 22.6 Å². The van der Waals surface area contributed by atoms with Gasteiger partial charge in [0.25, 0.3) is 0 Å². The highest BCUT2D eigenvalue weighted by Gasteiger charge is 2.14. The van der Waals surface area contributed by atoms with E-state index in [1.54, 1.807) is 6.07 Å². The van der Waals surface area contributed by atoms with Gasteiger partial charge in [-0.25, -0.2) is 9.37 Å². The first kappa shape index (κ1) is 14.8. The molecule has 3 rings (SSSR count). The molecule has 2 aromatic rings. The van der Waals surface area contributed by atoms with Gasteiger partial charge in [0.05, 0.1) is 5.52 Å². The maximum absolute atomic E-state index is 13.9. The van der Waals surface area contributed by atoms with Crippen LogP contribution in [0.1, 0.15) is 25.1 Å². The van der Waals surface area contributed by atoms with Crippen molar-refractivity contribution in [2.45, 2.75) is 32.2 Å². The molecule has 114 valence electrons. The largest absolute Gasteiger partial charge is 0.328 e. The minimum Gasteiger partial charge on any atom is -0.328 e. The van der Waals surface area contributed by atoms with Crippen LogP contribution in [0.5, 0.6) is 0 Å². The van der Waals surface area contributed by atoms with E-state index < -0.39 is 0 Å². The molecule has 0 amide bonds. The van der Waals surface area contributed by atoms with E-state index in [-0.39, 0.29) is 5.82 Å². The fraction of sp³-hybridized carbons (Fsp3) is 0.562. The number of para-hydroxylation sites is 1. The van der Waals surface area contributed by atoms with E-state index in [4.69, 9.17) is 11.6 Å². The second-order valence-corrected chi connectivity index (χ2v) is 6.01. The van der Waals surface area contributed by atoms with E-state index in [9.17, 15) is 4.39 Å². The van der Waals surface area contributed by atoms with Gasteiger partial charge in [-0.3, -0.25) is 0 Å². The molecule has 0 saturated carbocycles. The molecule has 1 aromatic heterocycles. The average Bonchev–Trinajstić information content (AvgIpc) is 3.09. The number of benzene rings is 1. The van der Waals surface area contributed by atoms with Crippen molar-refractivity contribution in [3.05, 3.63) is 29.8 Å². The number of aromatic nitrogens is 2. The van der Waals surface area contributed by atoms with Crippen LogP contribution in [0.15, 0.2) is 18.2 Å². The Morgan fingerprint density at radius 1 is 1.19 bits per heavy atom. The number of halogens is 2. The summed E-state index contributed by atoms with van der Waals surface area (Å²) in [4.78, 5) is 6.94. The predicted octanol–water partition coefficient (Wildman–Crippen LogP) is 3.44. The zero-order chi connectivity index (χ0) is 14.7. The molecular formula is C16H21ClFN3. The van der Waals surface area contributed by atoms with Crippen LogP contribution in [0, 0.1) is 5.82 Å². The maximum Gasteiger partial charge on any atom is 0.151 e. The van der Waals surface area contributed by atoms with E-state index in [1.807, 2.05) is 6.07 Å². The molecule has 0 radical (unpaired) electrons. The second kappa shape index (κ2) is 6.75. The van der Waals surface area contributed by atoms with Crippen molar-refractivity contribution in [2.75, 3.05) is 25.5 Å². The molecule has 0 unspecified atom stereocenters. The molecule has 0 atom stereocenters. The SMILES string of the molecule is Fc1cccc2c1nc(CCCl)n2CCCN1CCCC1. The van der Waals surface area contributed by atoms with Crippen molar-refractivity contribution in [1.29, 1.82) is 0 Å². The molecule has 2 heterocycles. The Morgan fingerprint density at radius 2 is 2.00 bits per heavy atom. The molecule has 3 nitrogen and oxygen atoms in total. The second-order valence-electron chi connectivity index (χ2n) is 5.63. The van der Waals surface area contributed by atoms with Crippen molar-refractivity contribution in [2.24, 2.45) is 0 Å². The lowest BCUT2D eigenvalue weighted by atomic mass is 10.3. The normalized spacial score (nSPS) is 16.1. The summed E-state index contributed by atoms with van der Waals surface area (Å²) < 4.78 is 16.0. The highest BCUT2D eigenvalue weighted by molar-refractivity contribution is 6.17. The third kappa shape index (κ3) is 3.22. The van der Waals surface area contributed by atoms with Crippen LogP contribution >= 0.6 is 11.6 Å². The van der Waals surface area contributed by atoms with Gasteiger partial charge in [-0.1, -0.05) is 6.07 Å². The van der Waals surface area contributed by atoms with Crippen LogP contribution in [0.4, 0.5) is 4.39 Å². The lowest BCUT2D eigenvalue weighted by Gasteiger charge is -2.15. The highest BCUT2D eigenvalue weighted by atomic mass is 35.5. The minimum absolute atomic E-state index is 0.249. The number of hydrogen-bond donors (Lipinski definition) is 0. The van der Waals surface area contributed by atoms with Crippen LogP contribution in [-0.2, 0) is 13.0 Å². The molecule has 0 N–H and O–H groups in total. The van der Waals surface area contributed by atoms with Crippen molar-refractivity contribution in [3.8, 4) is 0 Å². The third-order valence-electron chi connectivity index (χ3n) is 4.18. The number of aryl methyl sites for hydroxylation is 2. The number of nitrogens with zero attached hydrogens (tertiary/aromatic N) is 3. The van der Waals surface area contributed by atoms with Gasteiger partial charge in [-0.15, -0.1) is 11.6 Å². The Balaban J connectivity index is 1.78. The van der Waals surface area contributed by atoms with Crippen molar-refractivity contribution in [1.82, 2.24) is 14.5 Å². The quantitative estimate of drug-likeness (QED) is 0.762. The number of rotatable bonds is 6. The molecule has 1 saturated heterocycles. The van der Waals surface area contributed by atoms with Crippen molar-refractivity contribution < 1.29 is 4.39 Å². The van der Waals surface area contributed by atoms with Gasteiger partial charge in [0.1, 0.15) is 11.3 Å². The molecule has 1 aromatic carbocycles. The van der Waals surface area contributed by atoms with E-state index >= 15 is 0 Å². The van der Waals surface area contributed by atoms with E-state index in [0.717, 1.165) is 30.9 Å². The van der Waals surface area contributed by atoms with Crippen LogP contribution in [-0.4, -0.2) is 40.0 Å². The molecule has 5 heteroatoms. The molecule has 1 aliphatic heterocycles. The summed E-state index contributed by atoms with van der Waals surface area (Å²) in [6.45, 7) is 4.42. The Kier molecular flexibility index (Phi) is 4.76. The van der Waals surface area contributed by atoms with Gasteiger partial charge in [-0.2, -0.15) is 0 Å². The highest BCUT2D eigenvalue weighted by Crippen LogP contribution is 2.20. The molecular weight excluding hydrogens is 289 g/mol. The number of fused-ring (bicyclic) bond motifs is 1. The fourth-order valence-corrected chi connectivity index (χ4v) is 3.31. The summed E-state index contributed by atoms with van der Waals surface area (Å²) in [6.07, 6.45) is 4.38. The first-order valence-electron chi connectivity index (χ1n) is 7.71. The summed E-state index contributed by atoms with van der Waals surface area (Å²) in [5, 5.41) is 0. The molecule has 21 heavy (non-hydrogen) atoms. The molecule has 0 aliphatic carbocycles. The predicted molar refractivity (Wildman–Crippen MR) is 84.4 cm³/mol. The van der Waals surface area contributed by atoms with Crippen LogP contribution < -0.4 is 0 Å². The molecule has 0 bridgehead atoms. The molecule has 1 aliphatic rings. The smallest absolute Gasteiger partial charge is 0.151 e. The van der Waals surface area contributed by atoms with Gasteiger partial charge in [0.15, 0.2) is 5.82 Å². The lowest BCUT2D eigenvalue weighted by Crippen LogP contribution is -2.21. The van der Waals surface area contributed by atoms with Gasteiger partial charge in [0, 0.05) is 18.8 Å². The summed E-state index contributed by atoms with van der Waals surface area (Å²) in [5.41, 5.74) is 1.36. The summed E-state index contributed by atoms with van der Waals surface area (Å²) in [5.74, 6) is 1.16. The number of likely N-dealkylation sites (tertiary alicyclic amines) is 1. The number of alkyl halides is 1. The molecule has 1 fully saturated rings. The Morgan fingerprint density at radius 3 is 2.76 bits per heavy atom.